The average molecular weight is 525 g/mol. The maximum atomic E-state index is 12.9. The summed E-state index contributed by atoms with van der Waals surface area (Å²) in [7, 11) is 0. The Hall–Kier alpha value is -3.75. The second-order valence-corrected chi connectivity index (χ2v) is 10.0. The van der Waals surface area contributed by atoms with Crippen molar-refractivity contribution in [3.05, 3.63) is 82.1 Å². The summed E-state index contributed by atoms with van der Waals surface area (Å²) in [4.78, 5) is 16.9. The quantitative estimate of drug-likeness (QED) is 0.256. The van der Waals surface area contributed by atoms with E-state index < -0.39 is 6.03 Å². The molecule has 0 aliphatic carbocycles. The predicted molar refractivity (Wildman–Crippen MR) is 145 cm³/mol. The molecule has 2 aromatic carbocycles. The molecule has 0 saturated carbocycles. The number of nitrogens with one attached hydrogen (secondary N) is 2. The molecular weight excluding hydrogens is 499 g/mol. The normalized spacial score (nSPS) is 11.3. The van der Waals surface area contributed by atoms with Crippen LogP contribution in [0.4, 0.5) is 22.1 Å². The predicted octanol–water partition coefficient (Wildman–Crippen LogP) is 7.20. The number of pyridine rings is 1. The van der Waals surface area contributed by atoms with Crippen molar-refractivity contribution < 1.29 is 9.53 Å². The fraction of sp³-hybridized carbons (Fsp3) is 0.192. The van der Waals surface area contributed by atoms with E-state index in [1.54, 1.807) is 28.9 Å². The van der Waals surface area contributed by atoms with Crippen molar-refractivity contribution in [1.29, 1.82) is 0 Å². The van der Waals surface area contributed by atoms with Gasteiger partial charge in [-0.05, 0) is 37.3 Å². The highest BCUT2D eigenvalue weighted by Gasteiger charge is 2.22. The molecular formula is C26H26Cl2N6O2. The molecule has 4 aromatic rings. The van der Waals surface area contributed by atoms with E-state index in [4.69, 9.17) is 38.8 Å². The SMILES string of the molecule is Cc1ccc(-n2nc(C(C)(C)C)cc2NC(=O)Nc2ccc(Oc3ccnc(N)c3)c(Cl)c2Cl)cc1. The van der Waals surface area contributed by atoms with Crippen LogP contribution < -0.4 is 21.1 Å². The fourth-order valence-corrected chi connectivity index (χ4v) is 3.72. The van der Waals surface area contributed by atoms with Crippen molar-refractivity contribution in [1.82, 2.24) is 14.8 Å². The minimum absolute atomic E-state index is 0.133. The van der Waals surface area contributed by atoms with E-state index in [1.807, 2.05) is 37.3 Å². The van der Waals surface area contributed by atoms with Gasteiger partial charge in [0.2, 0.25) is 0 Å². The highest BCUT2D eigenvalue weighted by Crippen LogP contribution is 2.39. The van der Waals surface area contributed by atoms with Gasteiger partial charge in [0.05, 0.1) is 22.1 Å². The van der Waals surface area contributed by atoms with Gasteiger partial charge in [-0.2, -0.15) is 5.10 Å². The number of hydrogen-bond acceptors (Lipinski definition) is 5. The summed E-state index contributed by atoms with van der Waals surface area (Å²) in [6.45, 7) is 8.19. The van der Waals surface area contributed by atoms with Crippen LogP contribution in [0.25, 0.3) is 5.69 Å². The molecule has 0 atom stereocenters. The molecule has 186 valence electrons. The van der Waals surface area contributed by atoms with Crippen LogP contribution in [0.1, 0.15) is 32.0 Å². The zero-order valence-electron chi connectivity index (χ0n) is 20.3. The summed E-state index contributed by atoms with van der Waals surface area (Å²) >= 11 is 12.9. The van der Waals surface area contributed by atoms with Crippen LogP contribution in [0.5, 0.6) is 11.5 Å². The molecule has 0 unspecified atom stereocenters. The Morgan fingerprint density at radius 2 is 1.72 bits per heavy atom. The summed E-state index contributed by atoms with van der Waals surface area (Å²) < 4.78 is 7.46. The number of halogens is 2. The Labute approximate surface area is 219 Å². The Kier molecular flexibility index (Phi) is 7.10. The van der Waals surface area contributed by atoms with Crippen molar-refractivity contribution in [2.75, 3.05) is 16.4 Å². The number of amides is 2. The molecule has 0 fully saturated rings. The third kappa shape index (κ3) is 5.72. The number of carbonyl (C=O) groups excluding carboxylic acids is 1. The van der Waals surface area contributed by atoms with E-state index in [-0.39, 0.29) is 15.5 Å². The lowest BCUT2D eigenvalue weighted by Gasteiger charge is -2.14. The molecule has 8 nitrogen and oxygen atoms in total. The minimum Gasteiger partial charge on any atom is -0.456 e. The third-order valence-electron chi connectivity index (χ3n) is 5.27. The zero-order valence-corrected chi connectivity index (χ0v) is 21.8. The molecule has 0 aliphatic rings. The number of hydrogen-bond donors (Lipinski definition) is 3. The highest BCUT2D eigenvalue weighted by atomic mass is 35.5. The van der Waals surface area contributed by atoms with Gasteiger partial charge in [0.25, 0.3) is 0 Å². The van der Waals surface area contributed by atoms with E-state index in [2.05, 4.69) is 36.4 Å². The largest absolute Gasteiger partial charge is 0.456 e. The van der Waals surface area contributed by atoms with Crippen molar-refractivity contribution >= 4 is 46.6 Å². The molecule has 0 spiro atoms. The van der Waals surface area contributed by atoms with E-state index in [9.17, 15) is 4.79 Å². The number of nitrogen functional groups attached to an aromatic ring is 1. The topological polar surface area (TPSA) is 107 Å². The molecule has 0 saturated heterocycles. The Morgan fingerprint density at radius 1 is 1.00 bits per heavy atom. The number of rotatable bonds is 5. The molecule has 0 aliphatic heterocycles. The Bertz CT molecular complexity index is 1410. The first-order valence-corrected chi connectivity index (χ1v) is 11.9. The molecule has 0 radical (unpaired) electrons. The van der Waals surface area contributed by atoms with Gasteiger partial charge in [0.1, 0.15) is 28.2 Å². The van der Waals surface area contributed by atoms with Crippen molar-refractivity contribution in [2.24, 2.45) is 0 Å². The van der Waals surface area contributed by atoms with Gasteiger partial charge in [-0.25, -0.2) is 14.5 Å². The molecule has 4 N–H and O–H groups in total. The van der Waals surface area contributed by atoms with Crippen molar-refractivity contribution in [2.45, 2.75) is 33.1 Å². The smallest absolute Gasteiger partial charge is 0.324 e. The number of aromatic nitrogens is 3. The maximum Gasteiger partial charge on any atom is 0.324 e. The van der Waals surface area contributed by atoms with Crippen LogP contribution in [-0.2, 0) is 5.41 Å². The molecule has 36 heavy (non-hydrogen) atoms. The van der Waals surface area contributed by atoms with Crippen molar-refractivity contribution in [3.8, 4) is 17.2 Å². The van der Waals surface area contributed by atoms with Gasteiger partial charge >= 0.3 is 6.03 Å². The molecule has 0 bridgehead atoms. The number of ether oxygens (including phenoxy) is 1. The molecule has 2 aromatic heterocycles. The van der Waals surface area contributed by atoms with E-state index in [0.717, 1.165) is 16.9 Å². The number of benzene rings is 2. The summed E-state index contributed by atoms with van der Waals surface area (Å²) in [5, 5.41) is 10.6. The second kappa shape index (κ2) is 10.1. The number of aryl methyl sites for hydroxylation is 1. The Balaban J connectivity index is 1.55. The number of urea groups is 1. The lowest BCUT2D eigenvalue weighted by atomic mass is 9.92. The molecule has 2 heterocycles. The Morgan fingerprint density at radius 3 is 2.39 bits per heavy atom. The maximum absolute atomic E-state index is 12.9. The highest BCUT2D eigenvalue weighted by molar-refractivity contribution is 6.45. The van der Waals surface area contributed by atoms with Gasteiger partial charge in [-0.1, -0.05) is 61.7 Å². The molecule has 10 heteroatoms. The number of anilines is 3. The average Bonchev–Trinajstić information content (AvgIpc) is 3.23. The van der Waals surface area contributed by atoms with Crippen LogP contribution in [0.15, 0.2) is 60.8 Å². The third-order valence-corrected chi connectivity index (χ3v) is 6.14. The molecule has 4 rings (SSSR count). The number of carbonyl (C=O) groups is 1. The first-order chi connectivity index (χ1) is 17.0. The monoisotopic (exact) mass is 524 g/mol. The van der Waals surface area contributed by atoms with Crippen LogP contribution in [0, 0.1) is 6.92 Å². The first kappa shape index (κ1) is 25.3. The molecule has 2 amide bonds. The number of nitrogens with zero attached hydrogens (tertiary/aromatic N) is 3. The summed E-state index contributed by atoms with van der Waals surface area (Å²) in [5.74, 6) is 1.59. The summed E-state index contributed by atoms with van der Waals surface area (Å²) in [5.41, 5.74) is 8.58. The van der Waals surface area contributed by atoms with Gasteiger partial charge in [-0.15, -0.1) is 0 Å². The first-order valence-electron chi connectivity index (χ1n) is 11.1. The fourth-order valence-electron chi connectivity index (χ4n) is 3.31. The lowest BCUT2D eigenvalue weighted by Crippen LogP contribution is -2.21. The standard InChI is InChI=1S/C26H26Cl2N6O2/c1-15-5-7-16(8-6-15)34-22(14-20(33-34)26(2,3)4)32-25(35)31-18-9-10-19(24(28)23(18)27)36-17-11-12-30-21(29)13-17/h5-14H,1-4H3,(H2,29,30)(H2,31,32,35). The van der Waals surface area contributed by atoms with Gasteiger partial charge in [0.15, 0.2) is 0 Å². The van der Waals surface area contributed by atoms with Gasteiger partial charge in [0, 0.05) is 23.7 Å². The van der Waals surface area contributed by atoms with Crippen LogP contribution in [0.2, 0.25) is 10.0 Å². The van der Waals surface area contributed by atoms with Crippen molar-refractivity contribution in [3.63, 3.8) is 0 Å². The van der Waals surface area contributed by atoms with Gasteiger partial charge < -0.3 is 15.8 Å². The van der Waals surface area contributed by atoms with E-state index in [1.165, 1.54) is 6.20 Å². The summed E-state index contributed by atoms with van der Waals surface area (Å²) in [6, 6.07) is 15.6. The second-order valence-electron chi connectivity index (χ2n) is 9.25. The van der Waals surface area contributed by atoms with Crippen LogP contribution in [0.3, 0.4) is 0 Å². The zero-order chi connectivity index (χ0) is 26.0. The van der Waals surface area contributed by atoms with Crippen LogP contribution in [-0.4, -0.2) is 20.8 Å². The lowest BCUT2D eigenvalue weighted by molar-refractivity contribution is 0.262. The van der Waals surface area contributed by atoms with E-state index >= 15 is 0 Å². The van der Waals surface area contributed by atoms with Gasteiger partial charge in [-0.3, -0.25) is 5.32 Å². The van der Waals surface area contributed by atoms with E-state index in [0.29, 0.717) is 28.8 Å². The summed E-state index contributed by atoms with van der Waals surface area (Å²) in [6.07, 6.45) is 1.52. The van der Waals surface area contributed by atoms with Crippen LogP contribution >= 0.6 is 23.2 Å². The minimum atomic E-state index is -0.503. The number of nitrogens with two attached hydrogens (primary N) is 1.